The number of hydrogen-bond acceptors (Lipinski definition) is 1. The Balaban J connectivity index is 2.51. The summed E-state index contributed by atoms with van der Waals surface area (Å²) in [6.45, 7) is 5.78. The number of carbonyl (C=O) groups excluding carboxylic acids is 1. The van der Waals surface area contributed by atoms with Crippen LogP contribution in [-0.4, -0.2) is 25.3 Å². The molecule has 0 fully saturated rings. The van der Waals surface area contributed by atoms with E-state index >= 15 is 0 Å². The van der Waals surface area contributed by atoms with E-state index in [9.17, 15) is 9.18 Å². The summed E-state index contributed by atoms with van der Waals surface area (Å²) >= 11 is 0. The van der Waals surface area contributed by atoms with Crippen molar-refractivity contribution in [2.24, 2.45) is 0 Å². The third-order valence-corrected chi connectivity index (χ3v) is 3.13. The van der Waals surface area contributed by atoms with Crippen LogP contribution < -0.4 is 10.6 Å². The summed E-state index contributed by atoms with van der Waals surface area (Å²) in [4.78, 5) is 11.4. The molecule has 0 bridgehead atoms. The van der Waals surface area contributed by atoms with Crippen molar-refractivity contribution in [3.8, 4) is 0 Å². The van der Waals surface area contributed by atoms with Crippen molar-refractivity contribution in [3.05, 3.63) is 35.9 Å². The molecule has 0 aromatic heterocycles. The maximum atomic E-state index is 11.9. The number of alkyl halides is 1. The van der Waals surface area contributed by atoms with Crippen LogP contribution in [0.4, 0.5) is 9.18 Å². The quantitative estimate of drug-likeness (QED) is 0.816. The minimum absolute atomic E-state index is 0.0198. The van der Waals surface area contributed by atoms with Crippen molar-refractivity contribution in [1.29, 1.82) is 0 Å². The van der Waals surface area contributed by atoms with Crippen LogP contribution in [0.2, 0.25) is 0 Å². The third kappa shape index (κ3) is 5.28. The zero-order valence-electron chi connectivity index (χ0n) is 11.9. The lowest BCUT2D eigenvalue weighted by Crippen LogP contribution is -2.43. The van der Waals surface area contributed by atoms with Crippen LogP contribution in [0.25, 0.3) is 0 Å². The second kappa shape index (κ2) is 7.12. The van der Waals surface area contributed by atoms with Crippen LogP contribution >= 0.6 is 0 Å². The second-order valence-electron chi connectivity index (χ2n) is 5.44. The van der Waals surface area contributed by atoms with Gasteiger partial charge in [-0.2, -0.15) is 0 Å². The first kappa shape index (κ1) is 15.5. The molecule has 0 aliphatic rings. The summed E-state index contributed by atoms with van der Waals surface area (Å²) in [5.41, 5.74) is 1.22. The fraction of sp³-hybridized carbons (Fsp3) is 0.533. The fourth-order valence-electron chi connectivity index (χ4n) is 2.26. The molecule has 1 aromatic rings. The summed E-state index contributed by atoms with van der Waals surface area (Å²) in [6.07, 6.45) is 0.820. The van der Waals surface area contributed by atoms with E-state index in [1.165, 1.54) is 5.56 Å². The normalized spacial score (nSPS) is 12.8. The van der Waals surface area contributed by atoms with Crippen molar-refractivity contribution in [1.82, 2.24) is 10.6 Å². The van der Waals surface area contributed by atoms with E-state index in [2.05, 4.69) is 36.6 Å². The molecule has 0 heterocycles. The van der Waals surface area contributed by atoms with E-state index in [0.29, 0.717) is 0 Å². The van der Waals surface area contributed by atoms with Crippen molar-refractivity contribution >= 4 is 6.03 Å². The van der Waals surface area contributed by atoms with Gasteiger partial charge in [-0.15, -0.1) is 0 Å². The number of benzene rings is 1. The van der Waals surface area contributed by atoms with Gasteiger partial charge in [-0.3, -0.25) is 0 Å². The Morgan fingerprint density at radius 2 is 1.95 bits per heavy atom. The molecular weight excluding hydrogens is 243 g/mol. The van der Waals surface area contributed by atoms with E-state index in [1.54, 1.807) is 0 Å². The van der Waals surface area contributed by atoms with Crippen LogP contribution in [0.15, 0.2) is 30.3 Å². The second-order valence-corrected chi connectivity index (χ2v) is 5.44. The molecule has 0 aliphatic heterocycles. The van der Waals surface area contributed by atoms with E-state index in [4.69, 9.17) is 0 Å². The Kier molecular flexibility index (Phi) is 5.80. The van der Waals surface area contributed by atoms with Gasteiger partial charge in [0, 0.05) is 12.6 Å². The molecule has 0 aliphatic carbocycles. The predicted octanol–water partition coefficient (Wildman–Crippen LogP) is 3.01. The zero-order chi connectivity index (χ0) is 14.3. The first-order valence-electron chi connectivity index (χ1n) is 6.61. The molecule has 0 saturated carbocycles. The maximum absolute atomic E-state index is 11.9. The Morgan fingerprint density at radius 1 is 1.32 bits per heavy atom. The lowest BCUT2D eigenvalue weighted by molar-refractivity contribution is 0.234. The largest absolute Gasteiger partial charge is 0.336 e. The topological polar surface area (TPSA) is 41.1 Å². The molecule has 0 spiro atoms. The third-order valence-electron chi connectivity index (χ3n) is 3.13. The van der Waals surface area contributed by atoms with Crippen LogP contribution in [0, 0.1) is 0 Å². The average molecular weight is 266 g/mol. The van der Waals surface area contributed by atoms with Gasteiger partial charge >= 0.3 is 6.03 Å². The number of nitrogens with one attached hydrogen (secondary N) is 2. The molecule has 1 rings (SSSR count). The van der Waals surface area contributed by atoms with Gasteiger partial charge in [0.25, 0.3) is 0 Å². The minimum Gasteiger partial charge on any atom is -0.336 e. The molecule has 19 heavy (non-hydrogen) atoms. The molecule has 106 valence electrons. The Labute approximate surface area is 114 Å². The first-order valence-corrected chi connectivity index (χ1v) is 6.61. The van der Waals surface area contributed by atoms with E-state index in [0.717, 1.165) is 6.42 Å². The minimum atomic E-state index is -0.544. The molecule has 3 nitrogen and oxygen atoms in total. The summed E-state index contributed by atoms with van der Waals surface area (Å²) in [5.74, 6) is 0. The van der Waals surface area contributed by atoms with E-state index in [1.807, 2.05) is 25.1 Å². The van der Waals surface area contributed by atoms with Gasteiger partial charge in [0.2, 0.25) is 0 Å². The van der Waals surface area contributed by atoms with Crippen molar-refractivity contribution in [3.63, 3.8) is 0 Å². The Hall–Kier alpha value is -1.58. The standard InChI is InChI=1S/C15H23FN2O/c1-12(18-14(19)17-10-9-16)11-15(2,3)13-7-5-4-6-8-13/h4-8,12H,9-11H2,1-3H3,(H2,17,18,19). The Bertz CT molecular complexity index is 392. The number of carbonyl (C=O) groups is 1. The molecule has 2 amide bonds. The van der Waals surface area contributed by atoms with E-state index in [-0.39, 0.29) is 24.0 Å². The Morgan fingerprint density at radius 3 is 2.53 bits per heavy atom. The lowest BCUT2D eigenvalue weighted by atomic mass is 9.79. The predicted molar refractivity (Wildman–Crippen MR) is 76.1 cm³/mol. The van der Waals surface area contributed by atoms with Gasteiger partial charge in [0.15, 0.2) is 0 Å². The van der Waals surface area contributed by atoms with Gasteiger partial charge in [-0.05, 0) is 24.3 Å². The van der Waals surface area contributed by atoms with Crippen LogP contribution in [-0.2, 0) is 5.41 Å². The molecule has 1 atom stereocenters. The maximum Gasteiger partial charge on any atom is 0.315 e. The molecule has 1 aromatic carbocycles. The SMILES string of the molecule is CC(CC(C)(C)c1ccccc1)NC(=O)NCCF. The summed E-state index contributed by atoms with van der Waals surface area (Å²) in [7, 11) is 0. The number of hydrogen-bond donors (Lipinski definition) is 2. The number of amides is 2. The van der Waals surface area contributed by atoms with Gasteiger partial charge in [-0.25, -0.2) is 9.18 Å². The summed E-state index contributed by atoms with van der Waals surface area (Å²) < 4.78 is 11.9. The molecule has 0 saturated heterocycles. The highest BCUT2D eigenvalue weighted by atomic mass is 19.1. The highest BCUT2D eigenvalue weighted by molar-refractivity contribution is 5.74. The number of urea groups is 1. The molecular formula is C15H23FN2O. The molecule has 0 radical (unpaired) electrons. The van der Waals surface area contributed by atoms with Gasteiger partial charge in [0.05, 0.1) is 0 Å². The van der Waals surface area contributed by atoms with Crippen molar-refractivity contribution < 1.29 is 9.18 Å². The number of halogens is 1. The number of rotatable bonds is 6. The first-order chi connectivity index (χ1) is 8.95. The average Bonchev–Trinajstić information content (AvgIpc) is 2.36. The van der Waals surface area contributed by atoms with Crippen LogP contribution in [0.5, 0.6) is 0 Å². The fourth-order valence-corrected chi connectivity index (χ4v) is 2.26. The van der Waals surface area contributed by atoms with Gasteiger partial charge in [-0.1, -0.05) is 44.2 Å². The molecule has 2 N–H and O–H groups in total. The van der Waals surface area contributed by atoms with Crippen LogP contribution in [0.1, 0.15) is 32.8 Å². The lowest BCUT2D eigenvalue weighted by Gasteiger charge is -2.29. The summed E-state index contributed by atoms with van der Waals surface area (Å²) in [5, 5.41) is 5.29. The van der Waals surface area contributed by atoms with Crippen molar-refractivity contribution in [2.45, 2.75) is 38.6 Å². The van der Waals surface area contributed by atoms with Crippen LogP contribution in [0.3, 0.4) is 0 Å². The highest BCUT2D eigenvalue weighted by Crippen LogP contribution is 2.27. The molecule has 1 unspecified atom stereocenters. The highest BCUT2D eigenvalue weighted by Gasteiger charge is 2.23. The van der Waals surface area contributed by atoms with Gasteiger partial charge < -0.3 is 10.6 Å². The van der Waals surface area contributed by atoms with E-state index < -0.39 is 6.67 Å². The van der Waals surface area contributed by atoms with Crippen molar-refractivity contribution in [2.75, 3.05) is 13.2 Å². The zero-order valence-corrected chi connectivity index (χ0v) is 11.9. The smallest absolute Gasteiger partial charge is 0.315 e. The van der Waals surface area contributed by atoms with Gasteiger partial charge in [0.1, 0.15) is 6.67 Å². The molecule has 4 heteroatoms. The monoisotopic (exact) mass is 266 g/mol. The summed E-state index contributed by atoms with van der Waals surface area (Å²) in [6, 6.07) is 9.92.